The Hall–Kier alpha value is -3.16. The van der Waals surface area contributed by atoms with Crippen molar-refractivity contribution >= 4 is 11.8 Å². The first-order valence-electron chi connectivity index (χ1n) is 8.51. The number of rotatable bonds is 8. The van der Waals surface area contributed by atoms with E-state index in [1.165, 1.54) is 30.2 Å². The summed E-state index contributed by atoms with van der Waals surface area (Å²) < 4.78 is 34.0. The van der Waals surface area contributed by atoms with Crippen LogP contribution in [0, 0.1) is 6.92 Å². The first-order valence-corrected chi connectivity index (χ1v) is 8.51. The molecule has 2 aromatic rings. The molecule has 0 unspecified atom stereocenters. The number of methoxy groups -OCH3 is 1. The van der Waals surface area contributed by atoms with Crippen LogP contribution >= 0.6 is 0 Å². The van der Waals surface area contributed by atoms with Crippen LogP contribution in [-0.2, 0) is 11.3 Å². The molecule has 0 spiro atoms. The van der Waals surface area contributed by atoms with E-state index in [0.717, 1.165) is 11.1 Å². The summed E-state index contributed by atoms with van der Waals surface area (Å²) >= 11 is 0. The van der Waals surface area contributed by atoms with Gasteiger partial charge in [-0.05, 0) is 36.2 Å². The molecule has 2 rings (SSSR count). The highest BCUT2D eigenvalue weighted by molar-refractivity contribution is 5.97. The number of amides is 2. The third-order valence-electron chi connectivity index (χ3n) is 4.14. The van der Waals surface area contributed by atoms with Gasteiger partial charge in [-0.1, -0.05) is 24.3 Å². The smallest absolute Gasteiger partial charge is 0.387 e. The minimum Gasteiger partial charge on any atom is -0.493 e. The van der Waals surface area contributed by atoms with E-state index in [4.69, 9.17) is 4.74 Å². The molecule has 0 heterocycles. The van der Waals surface area contributed by atoms with Gasteiger partial charge in [0.2, 0.25) is 5.91 Å². The average Bonchev–Trinajstić information content (AvgIpc) is 2.67. The van der Waals surface area contributed by atoms with Crippen LogP contribution in [-0.4, -0.2) is 44.0 Å². The molecule has 0 aromatic heterocycles. The number of nitrogens with one attached hydrogen (secondary N) is 1. The largest absolute Gasteiger partial charge is 0.493 e. The van der Waals surface area contributed by atoms with Gasteiger partial charge in [0.25, 0.3) is 5.91 Å². The molecule has 0 radical (unpaired) electrons. The van der Waals surface area contributed by atoms with E-state index in [2.05, 4.69) is 10.1 Å². The number of carbonyl (C=O) groups is 2. The predicted octanol–water partition coefficient (Wildman–Crippen LogP) is 2.99. The molecule has 1 N–H and O–H groups in total. The number of hydrogen-bond acceptors (Lipinski definition) is 4. The first-order chi connectivity index (χ1) is 13.3. The normalized spacial score (nSPS) is 10.5. The van der Waals surface area contributed by atoms with Crippen LogP contribution in [0.2, 0.25) is 0 Å². The maximum absolute atomic E-state index is 12.4. The Balaban J connectivity index is 1.95. The second-order valence-corrected chi connectivity index (χ2v) is 6.10. The number of aryl methyl sites for hydroxylation is 1. The number of carbonyl (C=O) groups excluding carboxylic acids is 2. The van der Waals surface area contributed by atoms with Crippen LogP contribution < -0.4 is 14.8 Å². The first kappa shape index (κ1) is 21.1. The lowest BCUT2D eigenvalue weighted by molar-refractivity contribution is -0.129. The number of nitrogens with zero attached hydrogens (tertiary/aromatic N) is 1. The second kappa shape index (κ2) is 9.68. The van der Waals surface area contributed by atoms with Crippen molar-refractivity contribution in [3.8, 4) is 11.5 Å². The second-order valence-electron chi connectivity index (χ2n) is 6.10. The van der Waals surface area contributed by atoms with Gasteiger partial charge in [0.15, 0.2) is 11.5 Å². The van der Waals surface area contributed by atoms with Gasteiger partial charge >= 0.3 is 6.61 Å². The van der Waals surface area contributed by atoms with Crippen LogP contribution in [0.25, 0.3) is 0 Å². The van der Waals surface area contributed by atoms with E-state index in [1.807, 2.05) is 31.2 Å². The molecule has 0 aliphatic carbocycles. The Bertz CT molecular complexity index is 843. The maximum atomic E-state index is 12.4. The monoisotopic (exact) mass is 392 g/mol. The summed E-state index contributed by atoms with van der Waals surface area (Å²) in [5.74, 6) is -0.972. The van der Waals surface area contributed by atoms with Crippen molar-refractivity contribution in [2.24, 2.45) is 0 Å². The van der Waals surface area contributed by atoms with Crippen LogP contribution in [0.1, 0.15) is 21.5 Å². The Morgan fingerprint density at radius 3 is 2.50 bits per heavy atom. The molecule has 28 heavy (non-hydrogen) atoms. The standard InChI is InChI=1S/C20H22F2N2O4/c1-13-6-4-5-7-15(13)12-24(2)18(25)11-23-19(26)14-8-9-16(28-20(21)22)17(10-14)27-3/h4-10,20H,11-12H2,1-3H3,(H,23,26). The van der Waals surface area contributed by atoms with E-state index in [9.17, 15) is 18.4 Å². The van der Waals surface area contributed by atoms with Crippen molar-refractivity contribution in [2.45, 2.75) is 20.1 Å². The van der Waals surface area contributed by atoms with Crippen LogP contribution in [0.5, 0.6) is 11.5 Å². The molecular formula is C20H22F2N2O4. The van der Waals surface area contributed by atoms with E-state index < -0.39 is 12.5 Å². The molecule has 8 heteroatoms. The number of benzene rings is 2. The van der Waals surface area contributed by atoms with Gasteiger partial charge in [-0.15, -0.1) is 0 Å². The average molecular weight is 392 g/mol. The molecule has 6 nitrogen and oxygen atoms in total. The minimum absolute atomic E-state index is 0.00375. The zero-order chi connectivity index (χ0) is 20.7. The Morgan fingerprint density at radius 1 is 1.14 bits per heavy atom. The molecule has 0 fully saturated rings. The number of alkyl halides is 2. The fourth-order valence-corrected chi connectivity index (χ4v) is 2.53. The van der Waals surface area contributed by atoms with Crippen molar-refractivity contribution in [1.82, 2.24) is 10.2 Å². The van der Waals surface area contributed by atoms with E-state index >= 15 is 0 Å². The molecule has 0 saturated carbocycles. The highest BCUT2D eigenvalue weighted by Gasteiger charge is 2.16. The fraction of sp³-hybridized carbons (Fsp3) is 0.300. The van der Waals surface area contributed by atoms with Crippen LogP contribution in [0.4, 0.5) is 8.78 Å². The van der Waals surface area contributed by atoms with Crippen molar-refractivity contribution < 1.29 is 27.8 Å². The van der Waals surface area contributed by atoms with E-state index in [-0.39, 0.29) is 29.5 Å². The summed E-state index contributed by atoms with van der Waals surface area (Å²) in [6.07, 6.45) is 0. The summed E-state index contributed by atoms with van der Waals surface area (Å²) in [6.45, 7) is -0.812. The topological polar surface area (TPSA) is 67.9 Å². The Morgan fingerprint density at radius 2 is 1.86 bits per heavy atom. The molecule has 150 valence electrons. The predicted molar refractivity (Wildman–Crippen MR) is 99.6 cm³/mol. The zero-order valence-corrected chi connectivity index (χ0v) is 15.9. The fourth-order valence-electron chi connectivity index (χ4n) is 2.53. The number of likely N-dealkylation sites (N-methyl/N-ethyl adjacent to an activating group) is 1. The highest BCUT2D eigenvalue weighted by Crippen LogP contribution is 2.29. The quantitative estimate of drug-likeness (QED) is 0.750. The summed E-state index contributed by atoms with van der Waals surface area (Å²) in [5, 5.41) is 2.52. The van der Waals surface area contributed by atoms with Crippen molar-refractivity contribution in [3.05, 3.63) is 59.2 Å². The number of hydrogen-bond donors (Lipinski definition) is 1. The third-order valence-corrected chi connectivity index (χ3v) is 4.14. The lowest BCUT2D eigenvalue weighted by Crippen LogP contribution is -2.37. The zero-order valence-electron chi connectivity index (χ0n) is 15.9. The van der Waals surface area contributed by atoms with E-state index in [1.54, 1.807) is 7.05 Å². The van der Waals surface area contributed by atoms with Gasteiger partial charge in [0.1, 0.15) is 0 Å². The Labute approximate surface area is 162 Å². The van der Waals surface area contributed by atoms with Crippen LogP contribution in [0.3, 0.4) is 0 Å². The van der Waals surface area contributed by atoms with Crippen molar-refractivity contribution in [1.29, 1.82) is 0 Å². The van der Waals surface area contributed by atoms with Gasteiger partial charge in [0, 0.05) is 19.2 Å². The lowest BCUT2D eigenvalue weighted by Gasteiger charge is -2.19. The molecule has 2 aromatic carbocycles. The third kappa shape index (κ3) is 5.67. The maximum Gasteiger partial charge on any atom is 0.387 e. The van der Waals surface area contributed by atoms with Crippen LogP contribution in [0.15, 0.2) is 42.5 Å². The van der Waals surface area contributed by atoms with Gasteiger partial charge in [-0.25, -0.2) is 0 Å². The molecule has 0 saturated heterocycles. The Kier molecular flexibility index (Phi) is 7.31. The van der Waals surface area contributed by atoms with Crippen molar-refractivity contribution in [3.63, 3.8) is 0 Å². The molecule has 0 atom stereocenters. The summed E-state index contributed by atoms with van der Waals surface area (Å²) in [5.41, 5.74) is 2.25. The minimum atomic E-state index is -3.00. The van der Waals surface area contributed by atoms with Gasteiger partial charge < -0.3 is 19.7 Å². The number of ether oxygens (including phenoxy) is 2. The summed E-state index contributed by atoms with van der Waals surface area (Å²) in [4.78, 5) is 26.1. The molecule has 0 aliphatic rings. The van der Waals surface area contributed by atoms with Gasteiger partial charge in [-0.3, -0.25) is 9.59 Å². The SMILES string of the molecule is COc1cc(C(=O)NCC(=O)N(C)Cc2ccccc2C)ccc1OC(F)F. The van der Waals surface area contributed by atoms with Gasteiger partial charge in [0.05, 0.1) is 13.7 Å². The van der Waals surface area contributed by atoms with Crippen molar-refractivity contribution in [2.75, 3.05) is 20.7 Å². The molecular weight excluding hydrogens is 370 g/mol. The molecule has 0 aliphatic heterocycles. The van der Waals surface area contributed by atoms with E-state index in [0.29, 0.717) is 6.54 Å². The molecule has 2 amide bonds. The lowest BCUT2D eigenvalue weighted by atomic mass is 10.1. The van der Waals surface area contributed by atoms with Gasteiger partial charge in [-0.2, -0.15) is 8.78 Å². The molecule has 0 bridgehead atoms. The summed E-state index contributed by atoms with van der Waals surface area (Å²) in [6, 6.07) is 11.5. The summed E-state index contributed by atoms with van der Waals surface area (Å²) in [7, 11) is 2.93. The highest BCUT2D eigenvalue weighted by atomic mass is 19.3. The number of halogens is 2.